The molecular formula is BaCuMgOY+7. The first kappa shape index (κ1) is 36.4. The van der Waals surface area contributed by atoms with Gasteiger partial charge in [-0.3, -0.25) is 0 Å². The molecule has 0 atom stereocenters. The van der Waals surface area contributed by atoms with Gasteiger partial charge in [0, 0.05) is 0 Å². The van der Waals surface area contributed by atoms with Crippen LogP contribution in [-0.4, -0.2) is 71.9 Å². The first-order valence-electron chi connectivity index (χ1n) is 0. The average Bonchev–Trinajstić information content (AvgIpc) is 0. The summed E-state index contributed by atoms with van der Waals surface area (Å²) in [5, 5.41) is 0. The van der Waals surface area contributed by atoms with E-state index in [2.05, 4.69) is 0 Å². The molecule has 5 heavy (non-hydrogen) atoms. The molecule has 0 aliphatic heterocycles. The standard InChI is InChI=1S/Ba.Cu.Mg.O.Y/q3*+2;-2;+3. The molecule has 0 fully saturated rings. The molecule has 0 heterocycles. The first-order valence-corrected chi connectivity index (χ1v) is 0. The summed E-state index contributed by atoms with van der Waals surface area (Å²) >= 11 is 0. The molecule has 0 bridgehead atoms. The van der Waals surface area contributed by atoms with Gasteiger partial charge < -0.3 is 5.48 Å². The topological polar surface area (TPSA) is 28.5 Å². The van der Waals surface area contributed by atoms with Crippen molar-refractivity contribution in [2.75, 3.05) is 0 Å². The van der Waals surface area contributed by atoms with Gasteiger partial charge in [-0.2, -0.15) is 0 Å². The number of hydrogen-bond donors (Lipinski definition) is 0. The molecule has 1 nitrogen and oxygen atoms in total. The minimum atomic E-state index is 0. The fourth-order valence-electron chi connectivity index (χ4n) is 0. The van der Waals surface area contributed by atoms with Crippen LogP contribution < -0.4 is 0 Å². The zero-order chi connectivity index (χ0) is 0. The van der Waals surface area contributed by atoms with Crippen molar-refractivity contribution in [2.45, 2.75) is 0 Å². The molecule has 0 aromatic heterocycles. The maximum atomic E-state index is 0. The first-order chi connectivity index (χ1) is 0. The van der Waals surface area contributed by atoms with Crippen LogP contribution in [0.1, 0.15) is 0 Å². The number of rotatable bonds is 0. The molecule has 0 saturated carbocycles. The minimum Gasteiger partial charge on any atom is -2.00 e. The number of hydrogen-bond acceptors (Lipinski definition) is 0. The second-order valence-corrected chi connectivity index (χ2v) is 0. The summed E-state index contributed by atoms with van der Waals surface area (Å²) in [6.45, 7) is 0. The third kappa shape index (κ3) is 18.1. The Morgan fingerprint density at radius 3 is 1.00 bits per heavy atom. The zero-order valence-electron chi connectivity index (χ0n) is 2.70. The van der Waals surface area contributed by atoms with Crippen LogP contribution in [-0.2, 0) is 55.3 Å². The van der Waals surface area contributed by atoms with E-state index < -0.39 is 0 Å². The van der Waals surface area contributed by atoms with Crippen LogP contribution in [0.5, 0.6) is 0 Å². The van der Waals surface area contributed by atoms with E-state index in [1.807, 2.05) is 0 Å². The molecule has 5 heteroatoms. The summed E-state index contributed by atoms with van der Waals surface area (Å²) in [4.78, 5) is 0. The summed E-state index contributed by atoms with van der Waals surface area (Å²) in [6, 6.07) is 0. The largest absolute Gasteiger partial charge is 3.00 e. The molecule has 1 radical (unpaired) electrons. The molecule has 0 spiro atoms. The quantitative estimate of drug-likeness (QED) is 0.516. The van der Waals surface area contributed by atoms with Gasteiger partial charge in [-0.05, 0) is 0 Å². The Morgan fingerprint density at radius 2 is 1.00 bits per heavy atom. The predicted molar refractivity (Wildman–Crippen MR) is 12.2 cm³/mol. The molecule has 0 aromatic rings. The van der Waals surface area contributed by atoms with Gasteiger partial charge in [0.05, 0.1) is 0 Å². The van der Waals surface area contributed by atoms with E-state index in [4.69, 9.17) is 0 Å². The zero-order valence-corrected chi connectivity index (χ0v) is 12.3. The molecule has 0 saturated heterocycles. The smallest absolute Gasteiger partial charge is 2.00 e. The molecule has 17 valence electrons. The van der Waals surface area contributed by atoms with E-state index in [-0.39, 0.29) is 127 Å². The van der Waals surface area contributed by atoms with Crippen molar-refractivity contribution in [3.05, 3.63) is 0 Å². The normalized spacial score (nSPS) is 0. The summed E-state index contributed by atoms with van der Waals surface area (Å²) in [6.07, 6.45) is 0. The van der Waals surface area contributed by atoms with E-state index in [1.54, 1.807) is 0 Å². The van der Waals surface area contributed by atoms with Crippen molar-refractivity contribution in [3.8, 4) is 0 Å². The fraction of sp³-hybridized carbons (Fsp3) is 0. The predicted octanol–water partition coefficient (Wildman–Crippen LogP) is -0.885. The van der Waals surface area contributed by atoms with Crippen molar-refractivity contribution in [1.29, 1.82) is 0 Å². The molecule has 0 unspecified atom stereocenters. The molecule has 0 rings (SSSR count). The SMILES string of the molecule is [Ba+2].[Cu+2].[Mg+2].[O-2].[Y+3]. The van der Waals surface area contributed by atoms with Crippen LogP contribution in [0.15, 0.2) is 0 Å². The summed E-state index contributed by atoms with van der Waals surface area (Å²) in [5.41, 5.74) is 0. The third-order valence-corrected chi connectivity index (χ3v) is 0. The monoisotopic (exact) mass is 330 g/mol. The third-order valence-electron chi connectivity index (χ3n) is 0. The summed E-state index contributed by atoms with van der Waals surface area (Å²) in [7, 11) is 0. The maximum absolute atomic E-state index is 0. The van der Waals surface area contributed by atoms with E-state index in [9.17, 15) is 0 Å². The Labute approximate surface area is 124 Å². The van der Waals surface area contributed by atoms with Crippen LogP contribution in [0.3, 0.4) is 0 Å². The van der Waals surface area contributed by atoms with Gasteiger partial charge in [-0.1, -0.05) is 0 Å². The van der Waals surface area contributed by atoms with E-state index in [0.717, 1.165) is 0 Å². The van der Waals surface area contributed by atoms with Gasteiger partial charge in [-0.25, -0.2) is 0 Å². The molecular weight excluding hydrogens is 330 g/mol. The van der Waals surface area contributed by atoms with E-state index in [1.165, 1.54) is 0 Å². The van der Waals surface area contributed by atoms with Crippen molar-refractivity contribution in [2.24, 2.45) is 0 Å². The van der Waals surface area contributed by atoms with Crippen molar-refractivity contribution in [3.63, 3.8) is 0 Å². The fourth-order valence-corrected chi connectivity index (χ4v) is 0. The minimum absolute atomic E-state index is 0. The van der Waals surface area contributed by atoms with E-state index in [0.29, 0.717) is 0 Å². The van der Waals surface area contributed by atoms with Crippen LogP contribution in [0, 0.1) is 0 Å². The van der Waals surface area contributed by atoms with Crippen LogP contribution >= 0.6 is 0 Å². The Kier molecular flexibility index (Phi) is 180. The summed E-state index contributed by atoms with van der Waals surface area (Å²) < 4.78 is 0. The van der Waals surface area contributed by atoms with Gasteiger partial charge in [0.1, 0.15) is 0 Å². The summed E-state index contributed by atoms with van der Waals surface area (Å²) in [5.74, 6) is 0. The van der Waals surface area contributed by atoms with Gasteiger partial charge in [0.25, 0.3) is 0 Å². The average molecular weight is 330 g/mol. The Morgan fingerprint density at radius 1 is 1.00 bits per heavy atom. The maximum Gasteiger partial charge on any atom is 3.00 e. The van der Waals surface area contributed by atoms with Gasteiger partial charge >= 0.3 is 122 Å². The van der Waals surface area contributed by atoms with Crippen LogP contribution in [0.25, 0.3) is 0 Å². The van der Waals surface area contributed by atoms with Crippen molar-refractivity contribution in [1.82, 2.24) is 0 Å². The van der Waals surface area contributed by atoms with Gasteiger partial charge in [-0.15, -0.1) is 0 Å². The van der Waals surface area contributed by atoms with Gasteiger partial charge in [0.2, 0.25) is 0 Å². The van der Waals surface area contributed by atoms with E-state index >= 15 is 0 Å². The molecule has 0 aliphatic carbocycles. The van der Waals surface area contributed by atoms with Crippen LogP contribution in [0.2, 0.25) is 0 Å². The van der Waals surface area contributed by atoms with Gasteiger partial charge in [0.15, 0.2) is 0 Å². The second-order valence-electron chi connectivity index (χ2n) is 0. The Hall–Kier alpha value is 3.92. The van der Waals surface area contributed by atoms with Crippen LogP contribution in [0.4, 0.5) is 0 Å². The molecule has 0 N–H and O–H groups in total. The molecule has 0 aliphatic rings. The Bertz CT molecular complexity index is 11.6. The second kappa shape index (κ2) is 24.7. The van der Waals surface area contributed by atoms with Crippen molar-refractivity contribution >= 4 is 71.9 Å². The molecule has 0 aromatic carbocycles. The molecule has 0 amide bonds. The van der Waals surface area contributed by atoms with Crippen molar-refractivity contribution < 1.29 is 55.3 Å². The Balaban J connectivity index is 0.